The summed E-state index contributed by atoms with van der Waals surface area (Å²) in [6.07, 6.45) is 23.3. The summed E-state index contributed by atoms with van der Waals surface area (Å²) in [7, 11) is 0. The van der Waals surface area contributed by atoms with E-state index in [9.17, 15) is 9.59 Å². The lowest BCUT2D eigenvalue weighted by Crippen LogP contribution is -2.38. The molecule has 2 amide bonds. The number of rotatable bonds is 25. The second kappa shape index (κ2) is 26.1. The van der Waals surface area contributed by atoms with E-state index in [-0.39, 0.29) is 18.4 Å². The number of nitrogens with one attached hydrogen (secondary N) is 3. The maximum Gasteiger partial charge on any atom is 0.239 e. The predicted octanol–water partition coefficient (Wildman–Crippen LogP) is 4.81. The molecule has 0 rings (SSSR count). The van der Waals surface area contributed by atoms with Gasteiger partial charge in [0.2, 0.25) is 11.8 Å². The van der Waals surface area contributed by atoms with Gasteiger partial charge < -0.3 is 21.7 Å². The fourth-order valence-corrected chi connectivity index (χ4v) is 3.78. The van der Waals surface area contributed by atoms with E-state index in [0.717, 1.165) is 13.0 Å². The molecule has 0 heterocycles. The lowest BCUT2D eigenvalue weighted by Gasteiger charge is -2.07. The molecule has 0 radical (unpaired) electrons. The van der Waals surface area contributed by atoms with Crippen molar-refractivity contribution in [1.29, 1.82) is 0 Å². The van der Waals surface area contributed by atoms with Crippen molar-refractivity contribution in [3.8, 4) is 0 Å². The molecule has 0 fully saturated rings. The molecule has 0 aliphatic carbocycles. The first kappa shape index (κ1) is 30.9. The summed E-state index contributed by atoms with van der Waals surface area (Å²) in [6.45, 7) is 5.07. The Hall–Kier alpha value is -1.14. The second-order valence-electron chi connectivity index (χ2n) is 9.07. The van der Waals surface area contributed by atoms with Crippen molar-refractivity contribution in [2.24, 2.45) is 5.73 Å². The molecule has 0 spiro atoms. The van der Waals surface area contributed by atoms with Crippen molar-refractivity contribution in [3.05, 3.63) is 0 Å². The smallest absolute Gasteiger partial charge is 0.239 e. The molecule has 5 N–H and O–H groups in total. The Morgan fingerprint density at radius 1 is 0.562 bits per heavy atom. The number of amides is 2. The number of unbranched alkanes of at least 4 members (excludes halogenated alkanes) is 15. The maximum absolute atomic E-state index is 11.7. The Morgan fingerprint density at radius 2 is 1.06 bits per heavy atom. The predicted molar refractivity (Wildman–Crippen MR) is 137 cm³/mol. The molecular weight excluding hydrogens is 400 g/mol. The van der Waals surface area contributed by atoms with E-state index in [1.807, 2.05) is 0 Å². The van der Waals surface area contributed by atoms with E-state index in [2.05, 4.69) is 22.9 Å². The Labute approximate surface area is 198 Å². The minimum atomic E-state index is -0.159. The highest BCUT2D eigenvalue weighted by atomic mass is 16.2. The molecule has 0 aromatic carbocycles. The summed E-state index contributed by atoms with van der Waals surface area (Å²) in [5.74, 6) is -0.244. The highest BCUT2D eigenvalue weighted by Gasteiger charge is 2.04. The van der Waals surface area contributed by atoms with Gasteiger partial charge in [0.05, 0.1) is 6.54 Å². The largest absolute Gasteiger partial charge is 0.355 e. The van der Waals surface area contributed by atoms with Crippen molar-refractivity contribution in [3.63, 3.8) is 0 Å². The van der Waals surface area contributed by atoms with Gasteiger partial charge in [0, 0.05) is 19.5 Å². The fraction of sp³-hybridized carbons (Fsp3) is 0.923. The molecule has 0 bridgehead atoms. The maximum atomic E-state index is 11.7. The third-order valence-electron chi connectivity index (χ3n) is 5.89. The lowest BCUT2D eigenvalue weighted by atomic mass is 10.0. The molecule has 190 valence electrons. The first-order valence-electron chi connectivity index (χ1n) is 13.6. The zero-order valence-electron chi connectivity index (χ0n) is 21.2. The SMILES string of the molecule is CCCCCCCCCCCCCCCCCCNCCC(=O)NCC(=O)NCCCN. The summed E-state index contributed by atoms with van der Waals surface area (Å²) in [5.41, 5.74) is 5.37. The molecule has 0 unspecified atom stereocenters. The highest BCUT2D eigenvalue weighted by molar-refractivity contribution is 5.84. The van der Waals surface area contributed by atoms with Gasteiger partial charge in [-0.05, 0) is 25.9 Å². The molecule has 6 heteroatoms. The van der Waals surface area contributed by atoms with E-state index in [1.165, 1.54) is 103 Å². The number of carbonyl (C=O) groups excluding carboxylic acids is 2. The van der Waals surface area contributed by atoms with Crippen LogP contribution in [0.25, 0.3) is 0 Å². The molecule has 0 atom stereocenters. The topological polar surface area (TPSA) is 96.2 Å². The van der Waals surface area contributed by atoms with Crippen LogP contribution in [0.5, 0.6) is 0 Å². The van der Waals surface area contributed by atoms with Gasteiger partial charge in [0.1, 0.15) is 0 Å². The van der Waals surface area contributed by atoms with Crippen LogP contribution in [0.3, 0.4) is 0 Å². The Balaban J connectivity index is 3.18. The van der Waals surface area contributed by atoms with E-state index >= 15 is 0 Å². The van der Waals surface area contributed by atoms with Crippen molar-refractivity contribution >= 4 is 11.8 Å². The van der Waals surface area contributed by atoms with Crippen LogP contribution in [0.1, 0.15) is 122 Å². The molecule has 0 aromatic heterocycles. The van der Waals surface area contributed by atoms with Gasteiger partial charge >= 0.3 is 0 Å². The second-order valence-corrected chi connectivity index (χ2v) is 9.07. The third kappa shape index (κ3) is 25.1. The van der Waals surface area contributed by atoms with Gasteiger partial charge in [0.15, 0.2) is 0 Å². The van der Waals surface area contributed by atoms with Crippen molar-refractivity contribution in [2.75, 3.05) is 32.7 Å². The molecule has 0 aliphatic heterocycles. The standard InChI is InChI=1S/C26H54N4O2/c1-2-3-4-5-6-7-8-9-10-11-12-13-14-15-16-17-21-28-23-19-25(31)30-24-26(32)29-22-18-20-27/h28H,2-24,27H2,1H3,(H,29,32)(H,30,31). The quantitative estimate of drug-likeness (QED) is 0.149. The first-order valence-corrected chi connectivity index (χ1v) is 13.6. The van der Waals surface area contributed by atoms with E-state index in [0.29, 0.717) is 26.1 Å². The van der Waals surface area contributed by atoms with Crippen LogP contribution in [0.15, 0.2) is 0 Å². The van der Waals surface area contributed by atoms with Crippen LogP contribution in [0.4, 0.5) is 0 Å². The van der Waals surface area contributed by atoms with Crippen LogP contribution in [0.2, 0.25) is 0 Å². The summed E-state index contributed by atoms with van der Waals surface area (Å²) < 4.78 is 0. The molecule has 32 heavy (non-hydrogen) atoms. The van der Waals surface area contributed by atoms with Gasteiger partial charge in [-0.1, -0.05) is 103 Å². The Kier molecular flexibility index (Phi) is 25.2. The van der Waals surface area contributed by atoms with Crippen LogP contribution in [-0.2, 0) is 9.59 Å². The van der Waals surface area contributed by atoms with Crippen molar-refractivity contribution in [1.82, 2.24) is 16.0 Å². The lowest BCUT2D eigenvalue weighted by molar-refractivity contribution is -0.126. The van der Waals surface area contributed by atoms with Crippen LogP contribution < -0.4 is 21.7 Å². The van der Waals surface area contributed by atoms with Crippen LogP contribution >= 0.6 is 0 Å². The molecule has 0 aromatic rings. The highest BCUT2D eigenvalue weighted by Crippen LogP contribution is 2.13. The summed E-state index contributed by atoms with van der Waals surface area (Å²) in [5, 5.41) is 8.68. The van der Waals surface area contributed by atoms with Crippen molar-refractivity contribution in [2.45, 2.75) is 122 Å². The third-order valence-corrected chi connectivity index (χ3v) is 5.89. The van der Waals surface area contributed by atoms with E-state index in [4.69, 9.17) is 5.73 Å². The molecule has 0 aliphatic rings. The van der Waals surface area contributed by atoms with E-state index in [1.54, 1.807) is 0 Å². The summed E-state index contributed by atoms with van der Waals surface area (Å²) >= 11 is 0. The van der Waals surface area contributed by atoms with Gasteiger partial charge in [-0.2, -0.15) is 0 Å². The van der Waals surface area contributed by atoms with Gasteiger partial charge in [-0.15, -0.1) is 0 Å². The Bertz CT molecular complexity index is 419. The van der Waals surface area contributed by atoms with Gasteiger partial charge in [-0.25, -0.2) is 0 Å². The number of nitrogens with two attached hydrogens (primary N) is 1. The average molecular weight is 455 g/mol. The normalized spacial score (nSPS) is 10.9. The number of carbonyl (C=O) groups is 2. The Morgan fingerprint density at radius 3 is 1.56 bits per heavy atom. The monoisotopic (exact) mass is 454 g/mol. The zero-order valence-corrected chi connectivity index (χ0v) is 21.2. The zero-order chi connectivity index (χ0) is 23.5. The van der Waals surface area contributed by atoms with Gasteiger partial charge in [-0.3, -0.25) is 9.59 Å². The average Bonchev–Trinajstić information content (AvgIpc) is 2.79. The summed E-state index contributed by atoms with van der Waals surface area (Å²) in [6, 6.07) is 0. The first-order chi connectivity index (χ1) is 15.7. The minimum absolute atomic E-state index is 0.0442. The van der Waals surface area contributed by atoms with E-state index < -0.39 is 0 Å². The molecular formula is C26H54N4O2. The number of hydrogen-bond acceptors (Lipinski definition) is 4. The van der Waals surface area contributed by atoms with Crippen molar-refractivity contribution < 1.29 is 9.59 Å². The van der Waals surface area contributed by atoms with Crippen LogP contribution in [0, 0.1) is 0 Å². The molecule has 0 saturated carbocycles. The fourth-order valence-electron chi connectivity index (χ4n) is 3.78. The molecule has 0 saturated heterocycles. The minimum Gasteiger partial charge on any atom is -0.355 e. The summed E-state index contributed by atoms with van der Waals surface area (Å²) in [4.78, 5) is 23.2. The number of hydrogen-bond donors (Lipinski definition) is 4. The van der Waals surface area contributed by atoms with Crippen LogP contribution in [-0.4, -0.2) is 44.5 Å². The molecule has 6 nitrogen and oxygen atoms in total. The van der Waals surface area contributed by atoms with Gasteiger partial charge in [0.25, 0.3) is 0 Å².